The van der Waals surface area contributed by atoms with Crippen LogP contribution in [-0.2, 0) is 6.54 Å². The van der Waals surface area contributed by atoms with Gasteiger partial charge in [0.2, 0.25) is 0 Å². The van der Waals surface area contributed by atoms with Crippen molar-refractivity contribution in [3.05, 3.63) is 11.1 Å². The molecule has 0 aliphatic carbocycles. The highest BCUT2D eigenvalue weighted by Gasteiger charge is 2.29. The van der Waals surface area contributed by atoms with E-state index in [2.05, 4.69) is 23.7 Å². The SMILES string of the molecule is CCC1(CC)CCCN(Cc2cnc(N)s2)CC1.Cl. The van der Waals surface area contributed by atoms with Crippen LogP contribution in [0.25, 0.3) is 0 Å². The smallest absolute Gasteiger partial charge is 0.180 e. The zero-order valence-corrected chi connectivity index (χ0v) is 13.7. The molecular formula is C14H26ClN3S. The Kier molecular flexibility index (Phi) is 6.57. The van der Waals surface area contributed by atoms with Crippen molar-refractivity contribution in [2.24, 2.45) is 5.41 Å². The van der Waals surface area contributed by atoms with Gasteiger partial charge in [0.25, 0.3) is 0 Å². The molecule has 110 valence electrons. The third-order valence-corrected chi connectivity index (χ3v) is 5.40. The summed E-state index contributed by atoms with van der Waals surface area (Å²) in [6.07, 6.45) is 8.64. The maximum atomic E-state index is 5.69. The molecule has 19 heavy (non-hydrogen) atoms. The van der Waals surface area contributed by atoms with Crippen LogP contribution in [0.1, 0.15) is 50.8 Å². The Hall–Kier alpha value is -0.320. The minimum Gasteiger partial charge on any atom is -0.375 e. The van der Waals surface area contributed by atoms with Gasteiger partial charge in [-0.3, -0.25) is 4.90 Å². The maximum Gasteiger partial charge on any atom is 0.180 e. The standard InChI is InChI=1S/C14H25N3S.ClH/c1-3-14(4-2)6-5-8-17(9-7-14)11-12-10-16-13(15)18-12;/h10H,3-9,11H2,1-2H3,(H2,15,16);1H. The number of aromatic nitrogens is 1. The van der Waals surface area contributed by atoms with Crippen LogP contribution in [0.5, 0.6) is 0 Å². The lowest BCUT2D eigenvalue weighted by molar-refractivity contribution is 0.210. The Morgan fingerprint density at radius 1 is 1.32 bits per heavy atom. The molecule has 2 N–H and O–H groups in total. The second-order valence-electron chi connectivity index (χ2n) is 5.50. The zero-order chi connectivity index (χ0) is 13.0. The molecule has 0 atom stereocenters. The molecule has 0 spiro atoms. The largest absolute Gasteiger partial charge is 0.375 e. The Labute approximate surface area is 127 Å². The minimum absolute atomic E-state index is 0. The molecule has 5 heteroatoms. The molecule has 0 amide bonds. The molecule has 1 fully saturated rings. The van der Waals surface area contributed by atoms with E-state index >= 15 is 0 Å². The Bertz CT molecular complexity index is 377. The molecule has 1 aromatic rings. The van der Waals surface area contributed by atoms with Crippen molar-refractivity contribution >= 4 is 28.9 Å². The van der Waals surface area contributed by atoms with Gasteiger partial charge in [-0.05, 0) is 37.8 Å². The van der Waals surface area contributed by atoms with Crippen LogP contribution in [0.3, 0.4) is 0 Å². The monoisotopic (exact) mass is 303 g/mol. The predicted octanol–water partition coefficient (Wildman–Crippen LogP) is 3.94. The molecular weight excluding hydrogens is 278 g/mol. The first-order valence-electron chi connectivity index (χ1n) is 7.10. The van der Waals surface area contributed by atoms with Gasteiger partial charge in [-0.1, -0.05) is 26.7 Å². The van der Waals surface area contributed by atoms with Crippen LogP contribution in [0, 0.1) is 5.41 Å². The van der Waals surface area contributed by atoms with E-state index in [0.717, 1.165) is 6.54 Å². The lowest BCUT2D eigenvalue weighted by atomic mass is 9.76. The van der Waals surface area contributed by atoms with Crippen LogP contribution >= 0.6 is 23.7 Å². The first-order chi connectivity index (χ1) is 8.67. The lowest BCUT2D eigenvalue weighted by Gasteiger charge is -2.30. The highest BCUT2D eigenvalue weighted by Crippen LogP contribution is 2.38. The Morgan fingerprint density at radius 3 is 2.63 bits per heavy atom. The predicted molar refractivity (Wildman–Crippen MR) is 85.9 cm³/mol. The molecule has 2 heterocycles. The number of rotatable bonds is 4. The fourth-order valence-electron chi connectivity index (χ4n) is 3.04. The average molecular weight is 304 g/mol. The summed E-state index contributed by atoms with van der Waals surface area (Å²) in [6.45, 7) is 8.17. The van der Waals surface area contributed by atoms with Crippen LogP contribution < -0.4 is 5.73 Å². The van der Waals surface area contributed by atoms with E-state index in [1.165, 1.54) is 50.1 Å². The molecule has 0 bridgehead atoms. The minimum atomic E-state index is 0. The molecule has 1 aliphatic rings. The van der Waals surface area contributed by atoms with Gasteiger partial charge in [0.15, 0.2) is 5.13 Å². The number of likely N-dealkylation sites (tertiary alicyclic amines) is 1. The van der Waals surface area contributed by atoms with Gasteiger partial charge >= 0.3 is 0 Å². The van der Waals surface area contributed by atoms with Gasteiger partial charge < -0.3 is 5.73 Å². The third kappa shape index (κ3) is 4.33. The first-order valence-corrected chi connectivity index (χ1v) is 7.91. The molecule has 0 saturated carbocycles. The molecule has 3 nitrogen and oxygen atoms in total. The number of hydrogen-bond donors (Lipinski definition) is 1. The van der Waals surface area contributed by atoms with Gasteiger partial charge in [-0.2, -0.15) is 0 Å². The number of halogens is 1. The van der Waals surface area contributed by atoms with Gasteiger partial charge in [-0.15, -0.1) is 23.7 Å². The van der Waals surface area contributed by atoms with Crippen LogP contribution in [0.15, 0.2) is 6.20 Å². The first kappa shape index (κ1) is 16.7. The number of hydrogen-bond acceptors (Lipinski definition) is 4. The summed E-state index contributed by atoms with van der Waals surface area (Å²) in [5.41, 5.74) is 6.29. The van der Waals surface area contributed by atoms with Crippen molar-refractivity contribution < 1.29 is 0 Å². The number of anilines is 1. The van der Waals surface area contributed by atoms with E-state index in [1.807, 2.05) is 6.20 Å². The summed E-state index contributed by atoms with van der Waals surface area (Å²) in [4.78, 5) is 8.00. The van der Waals surface area contributed by atoms with Crippen molar-refractivity contribution in [1.82, 2.24) is 9.88 Å². The van der Waals surface area contributed by atoms with Crippen molar-refractivity contribution in [2.45, 2.75) is 52.5 Å². The van der Waals surface area contributed by atoms with Crippen LogP contribution in [-0.4, -0.2) is 23.0 Å². The maximum absolute atomic E-state index is 5.69. The van der Waals surface area contributed by atoms with Gasteiger partial charge in [0, 0.05) is 17.6 Å². The van der Waals surface area contributed by atoms with Gasteiger partial charge in [0.05, 0.1) is 0 Å². The van der Waals surface area contributed by atoms with Crippen molar-refractivity contribution in [3.63, 3.8) is 0 Å². The summed E-state index contributed by atoms with van der Waals surface area (Å²) in [6, 6.07) is 0. The summed E-state index contributed by atoms with van der Waals surface area (Å²) in [7, 11) is 0. The van der Waals surface area contributed by atoms with E-state index in [4.69, 9.17) is 5.73 Å². The Morgan fingerprint density at radius 2 is 2.05 bits per heavy atom. The van der Waals surface area contributed by atoms with Crippen molar-refractivity contribution in [1.29, 1.82) is 0 Å². The molecule has 0 unspecified atom stereocenters. The molecule has 1 aliphatic heterocycles. The fourth-order valence-corrected chi connectivity index (χ4v) is 3.77. The normalized spacial score (nSPS) is 19.7. The molecule has 1 aromatic heterocycles. The van der Waals surface area contributed by atoms with Crippen LogP contribution in [0.2, 0.25) is 0 Å². The molecule has 0 radical (unpaired) electrons. The van der Waals surface area contributed by atoms with Gasteiger partial charge in [0.1, 0.15) is 0 Å². The van der Waals surface area contributed by atoms with Gasteiger partial charge in [-0.25, -0.2) is 4.98 Å². The summed E-state index contributed by atoms with van der Waals surface area (Å²) in [5, 5.41) is 0.691. The van der Waals surface area contributed by atoms with E-state index < -0.39 is 0 Å². The summed E-state index contributed by atoms with van der Waals surface area (Å²) in [5.74, 6) is 0. The van der Waals surface area contributed by atoms with Crippen molar-refractivity contribution in [3.8, 4) is 0 Å². The second-order valence-corrected chi connectivity index (χ2v) is 6.65. The lowest BCUT2D eigenvalue weighted by Crippen LogP contribution is -2.25. The van der Waals surface area contributed by atoms with Crippen molar-refractivity contribution in [2.75, 3.05) is 18.8 Å². The van der Waals surface area contributed by atoms with E-state index in [0.29, 0.717) is 10.5 Å². The average Bonchev–Trinajstić information content (AvgIpc) is 2.67. The molecule has 0 aromatic carbocycles. The molecule has 2 rings (SSSR count). The fraction of sp³-hybridized carbons (Fsp3) is 0.786. The molecule has 1 saturated heterocycles. The van der Waals surface area contributed by atoms with E-state index in [-0.39, 0.29) is 12.4 Å². The second kappa shape index (κ2) is 7.46. The topological polar surface area (TPSA) is 42.2 Å². The summed E-state index contributed by atoms with van der Waals surface area (Å²) >= 11 is 1.62. The van der Waals surface area contributed by atoms with Crippen LogP contribution in [0.4, 0.5) is 5.13 Å². The highest BCUT2D eigenvalue weighted by atomic mass is 35.5. The highest BCUT2D eigenvalue weighted by molar-refractivity contribution is 7.15. The summed E-state index contributed by atoms with van der Waals surface area (Å²) < 4.78 is 0. The number of nitrogens with two attached hydrogens (primary N) is 1. The number of nitrogen functional groups attached to an aromatic ring is 1. The number of thiazole rings is 1. The van der Waals surface area contributed by atoms with E-state index in [9.17, 15) is 0 Å². The number of nitrogens with zero attached hydrogens (tertiary/aromatic N) is 2. The van der Waals surface area contributed by atoms with E-state index in [1.54, 1.807) is 11.3 Å². The third-order valence-electron chi connectivity index (χ3n) is 4.59. The quantitative estimate of drug-likeness (QED) is 0.916. The Balaban J connectivity index is 0.00000180. The zero-order valence-electron chi connectivity index (χ0n) is 12.0.